The lowest BCUT2D eigenvalue weighted by Gasteiger charge is -2.33. The maximum Gasteiger partial charge on any atom is 0.0938 e. The van der Waals surface area contributed by atoms with Crippen LogP contribution in [0.25, 0.3) is 0 Å². The minimum Gasteiger partial charge on any atom is -0.375 e. The number of hydrogen-bond donors (Lipinski definition) is 0. The van der Waals surface area contributed by atoms with Gasteiger partial charge in [0.05, 0.1) is 6.61 Å². The first kappa shape index (κ1) is 6.41. The van der Waals surface area contributed by atoms with Crippen molar-refractivity contribution in [2.45, 2.75) is 25.7 Å². The molecule has 55 valence electrons. The van der Waals surface area contributed by atoms with Crippen molar-refractivity contribution >= 4 is 0 Å². The number of hydrogen-bond acceptors (Lipinski definition) is 1. The smallest absolute Gasteiger partial charge is 0.0938 e. The van der Waals surface area contributed by atoms with Crippen LogP contribution in [0, 0.1) is 12.0 Å². The topological polar surface area (TPSA) is 9.23 Å². The molecule has 2 aliphatic rings. The van der Waals surface area contributed by atoms with E-state index >= 15 is 0 Å². The van der Waals surface area contributed by atoms with E-state index in [0.717, 1.165) is 6.61 Å². The normalized spacial score (nSPS) is 39.2. The predicted molar refractivity (Wildman–Crippen MR) is 40.3 cm³/mol. The molecule has 1 fully saturated rings. The molecular formula is C9H13O. The first-order chi connectivity index (χ1) is 4.91. The fraction of sp³-hybridized carbons (Fsp3) is 0.667. The molecule has 0 aromatic heterocycles. The van der Waals surface area contributed by atoms with E-state index in [9.17, 15) is 0 Å². The fourth-order valence-electron chi connectivity index (χ4n) is 1.62. The summed E-state index contributed by atoms with van der Waals surface area (Å²) < 4.78 is 5.38. The van der Waals surface area contributed by atoms with Gasteiger partial charge in [0.15, 0.2) is 0 Å². The summed E-state index contributed by atoms with van der Waals surface area (Å²) in [5.74, 6) is 0. The Morgan fingerprint density at radius 1 is 1.30 bits per heavy atom. The predicted octanol–water partition coefficient (Wildman–Crippen LogP) is 2.29. The molecule has 1 unspecified atom stereocenters. The first-order valence-corrected chi connectivity index (χ1v) is 4.05. The van der Waals surface area contributed by atoms with Crippen LogP contribution >= 0.6 is 0 Å². The third-order valence-corrected chi connectivity index (χ3v) is 2.42. The second-order valence-corrected chi connectivity index (χ2v) is 3.29. The molecule has 0 aromatic carbocycles. The van der Waals surface area contributed by atoms with Gasteiger partial charge in [0.2, 0.25) is 0 Å². The van der Waals surface area contributed by atoms with Gasteiger partial charge < -0.3 is 4.74 Å². The van der Waals surface area contributed by atoms with Crippen LogP contribution in [0.4, 0.5) is 0 Å². The average molecular weight is 137 g/mol. The minimum atomic E-state index is 0.358. The first-order valence-electron chi connectivity index (χ1n) is 4.05. The van der Waals surface area contributed by atoms with Crippen molar-refractivity contribution < 1.29 is 4.74 Å². The maximum absolute atomic E-state index is 5.38. The van der Waals surface area contributed by atoms with E-state index in [0.29, 0.717) is 5.41 Å². The molecule has 2 rings (SSSR count). The van der Waals surface area contributed by atoms with Crippen LogP contribution < -0.4 is 0 Å². The van der Waals surface area contributed by atoms with E-state index in [-0.39, 0.29) is 0 Å². The summed E-state index contributed by atoms with van der Waals surface area (Å²) in [5.41, 5.74) is 0.358. The zero-order valence-electron chi connectivity index (χ0n) is 6.18. The Kier molecular flexibility index (Phi) is 1.53. The van der Waals surface area contributed by atoms with Crippen LogP contribution in [0.2, 0.25) is 0 Å². The minimum absolute atomic E-state index is 0.358. The second kappa shape index (κ2) is 2.39. The summed E-state index contributed by atoms with van der Waals surface area (Å²) in [6.07, 6.45) is 9.55. The van der Waals surface area contributed by atoms with Gasteiger partial charge in [-0.1, -0.05) is 18.6 Å². The van der Waals surface area contributed by atoms with Crippen molar-refractivity contribution in [1.82, 2.24) is 0 Å². The Morgan fingerprint density at radius 3 is 2.90 bits per heavy atom. The zero-order chi connectivity index (χ0) is 6.86. The molecule has 0 N–H and O–H groups in total. The summed E-state index contributed by atoms with van der Waals surface area (Å²) in [6.45, 7) is 2.97. The van der Waals surface area contributed by atoms with Gasteiger partial charge in [-0.15, -0.1) is 0 Å². The second-order valence-electron chi connectivity index (χ2n) is 3.29. The van der Waals surface area contributed by atoms with E-state index < -0.39 is 0 Å². The van der Waals surface area contributed by atoms with Crippen LogP contribution in [0.5, 0.6) is 0 Å². The molecule has 0 aromatic rings. The molecule has 0 amide bonds. The largest absolute Gasteiger partial charge is 0.375 e. The lowest BCUT2D eigenvalue weighted by atomic mass is 9.74. The SMILES string of the molecule is [CH]1OCCCCC12C=CC2. The monoisotopic (exact) mass is 137 g/mol. The van der Waals surface area contributed by atoms with Crippen molar-refractivity contribution in [3.8, 4) is 0 Å². The van der Waals surface area contributed by atoms with Crippen molar-refractivity contribution in [1.29, 1.82) is 0 Å². The van der Waals surface area contributed by atoms with E-state index in [1.807, 2.05) is 6.61 Å². The molecule has 1 saturated heterocycles. The molecule has 1 heteroatoms. The summed E-state index contributed by atoms with van der Waals surface area (Å²) in [7, 11) is 0. The molecule has 1 heterocycles. The van der Waals surface area contributed by atoms with Crippen molar-refractivity contribution in [3.63, 3.8) is 0 Å². The van der Waals surface area contributed by atoms with Gasteiger partial charge >= 0.3 is 0 Å². The van der Waals surface area contributed by atoms with Crippen molar-refractivity contribution in [2.24, 2.45) is 5.41 Å². The third kappa shape index (κ3) is 0.988. The number of allylic oxidation sites excluding steroid dienone is 1. The van der Waals surface area contributed by atoms with E-state index in [1.54, 1.807) is 0 Å². The van der Waals surface area contributed by atoms with Gasteiger partial charge in [0, 0.05) is 12.0 Å². The molecule has 1 aliphatic heterocycles. The molecule has 0 bridgehead atoms. The molecule has 0 saturated carbocycles. The van der Waals surface area contributed by atoms with Crippen molar-refractivity contribution in [3.05, 3.63) is 18.8 Å². The molecule has 1 radical (unpaired) electrons. The molecule has 1 nitrogen and oxygen atoms in total. The van der Waals surface area contributed by atoms with Crippen LogP contribution in [0.1, 0.15) is 25.7 Å². The van der Waals surface area contributed by atoms with Gasteiger partial charge in [0.25, 0.3) is 0 Å². The lowest BCUT2D eigenvalue weighted by molar-refractivity contribution is 0.149. The Labute approximate surface area is 62.1 Å². The molecule has 10 heavy (non-hydrogen) atoms. The quantitative estimate of drug-likeness (QED) is 0.465. The van der Waals surface area contributed by atoms with E-state index in [1.165, 1.54) is 25.7 Å². The number of ether oxygens (including phenoxy) is 1. The summed E-state index contributed by atoms with van der Waals surface area (Å²) in [6, 6.07) is 0. The fourth-order valence-corrected chi connectivity index (χ4v) is 1.62. The van der Waals surface area contributed by atoms with Gasteiger partial charge in [-0.2, -0.15) is 0 Å². The standard InChI is InChI=1S/C9H13O/c1-2-7-10-8-9(4-1)5-3-6-9/h3,5,8H,1-2,4,6-7H2. The van der Waals surface area contributed by atoms with Crippen LogP contribution in [0.3, 0.4) is 0 Å². The average Bonchev–Trinajstić information content (AvgIpc) is 2.08. The van der Waals surface area contributed by atoms with Crippen LogP contribution in [0.15, 0.2) is 12.2 Å². The molecule has 1 aliphatic carbocycles. The lowest BCUT2D eigenvalue weighted by Crippen LogP contribution is -2.23. The highest BCUT2D eigenvalue weighted by molar-refractivity contribution is 5.17. The highest BCUT2D eigenvalue weighted by Crippen LogP contribution is 2.42. The van der Waals surface area contributed by atoms with Gasteiger partial charge in [-0.05, 0) is 19.3 Å². The number of rotatable bonds is 0. The van der Waals surface area contributed by atoms with Gasteiger partial charge in [-0.25, -0.2) is 0 Å². The third-order valence-electron chi connectivity index (χ3n) is 2.42. The molecular weight excluding hydrogens is 124 g/mol. The summed E-state index contributed by atoms with van der Waals surface area (Å²) in [5, 5.41) is 0. The molecule has 1 atom stereocenters. The maximum atomic E-state index is 5.38. The summed E-state index contributed by atoms with van der Waals surface area (Å²) in [4.78, 5) is 0. The highest BCUT2D eigenvalue weighted by atomic mass is 16.5. The zero-order valence-corrected chi connectivity index (χ0v) is 6.18. The molecule has 1 spiro atoms. The Hall–Kier alpha value is -0.300. The van der Waals surface area contributed by atoms with Gasteiger partial charge in [-0.3, -0.25) is 0 Å². The Bertz CT molecular complexity index is 141. The van der Waals surface area contributed by atoms with Crippen LogP contribution in [-0.2, 0) is 4.74 Å². The Morgan fingerprint density at radius 2 is 2.20 bits per heavy atom. The van der Waals surface area contributed by atoms with Crippen LogP contribution in [-0.4, -0.2) is 6.61 Å². The van der Waals surface area contributed by atoms with Gasteiger partial charge in [0.1, 0.15) is 0 Å². The highest BCUT2D eigenvalue weighted by Gasteiger charge is 2.32. The summed E-state index contributed by atoms with van der Waals surface area (Å²) >= 11 is 0. The van der Waals surface area contributed by atoms with E-state index in [2.05, 4.69) is 12.2 Å². The van der Waals surface area contributed by atoms with E-state index in [4.69, 9.17) is 4.74 Å². The Balaban J connectivity index is 2.00. The van der Waals surface area contributed by atoms with Crippen molar-refractivity contribution in [2.75, 3.05) is 6.61 Å².